The van der Waals surface area contributed by atoms with Gasteiger partial charge in [0, 0.05) is 19.8 Å². The second-order valence-electron chi connectivity index (χ2n) is 7.93. The number of nitrogens with zero attached hydrogens (tertiary/aromatic N) is 2. The number of nitrogens with one attached hydrogen (secondary N) is 1. The highest BCUT2D eigenvalue weighted by atomic mass is 35.5. The number of thiocarbonyl (C=S) groups is 1. The third-order valence-corrected chi connectivity index (χ3v) is 7.11. The lowest BCUT2D eigenvalue weighted by atomic mass is 10.2. The first-order valence-electron chi connectivity index (χ1n) is 10.7. The maximum Gasteiger partial charge on any atom is 0.270 e. The maximum atomic E-state index is 13.1. The fraction of sp³-hybridized carbons (Fsp3) is 0.115. The van der Waals surface area contributed by atoms with Crippen molar-refractivity contribution in [2.45, 2.75) is 0 Å². The van der Waals surface area contributed by atoms with E-state index in [2.05, 4.69) is 5.32 Å². The van der Waals surface area contributed by atoms with Crippen molar-refractivity contribution in [3.63, 3.8) is 0 Å². The molecule has 1 saturated heterocycles. The molecule has 10 heteroatoms. The zero-order valence-electron chi connectivity index (χ0n) is 19.3. The fourth-order valence-electron chi connectivity index (χ4n) is 3.36. The van der Waals surface area contributed by atoms with Crippen molar-refractivity contribution < 1.29 is 14.3 Å². The van der Waals surface area contributed by atoms with Gasteiger partial charge in [-0.05, 0) is 60.2 Å². The van der Waals surface area contributed by atoms with Crippen molar-refractivity contribution in [1.82, 2.24) is 0 Å². The number of rotatable bonds is 7. The Kier molecular flexibility index (Phi) is 8.21. The van der Waals surface area contributed by atoms with Crippen molar-refractivity contribution in [3.05, 3.63) is 87.2 Å². The SMILES string of the molecule is CN(C)c1ccc(N2C(=O)/C(=C/c3ccc(OCC(=O)Nc4ccccc4Cl)c(Cl)c3)SC2=S)cc1. The van der Waals surface area contributed by atoms with Crippen LogP contribution in [0.1, 0.15) is 5.56 Å². The van der Waals surface area contributed by atoms with Crippen molar-refractivity contribution in [3.8, 4) is 5.75 Å². The summed E-state index contributed by atoms with van der Waals surface area (Å²) in [5.74, 6) is -0.225. The Balaban J connectivity index is 1.42. The number of amides is 2. The van der Waals surface area contributed by atoms with Gasteiger partial charge in [0.25, 0.3) is 11.8 Å². The topological polar surface area (TPSA) is 61.9 Å². The molecule has 0 bridgehead atoms. The molecule has 4 rings (SSSR count). The van der Waals surface area contributed by atoms with Crippen LogP contribution in [0, 0.1) is 0 Å². The molecular weight excluding hydrogens is 537 g/mol. The van der Waals surface area contributed by atoms with E-state index in [1.54, 1.807) is 48.5 Å². The number of benzene rings is 3. The Morgan fingerprint density at radius 2 is 1.81 bits per heavy atom. The predicted molar refractivity (Wildman–Crippen MR) is 153 cm³/mol. The molecule has 0 saturated carbocycles. The molecule has 0 spiro atoms. The van der Waals surface area contributed by atoms with Gasteiger partial charge in [0.05, 0.1) is 26.3 Å². The smallest absolute Gasteiger partial charge is 0.270 e. The monoisotopic (exact) mass is 557 g/mol. The molecule has 0 unspecified atom stereocenters. The van der Waals surface area contributed by atoms with Gasteiger partial charge in [-0.3, -0.25) is 14.5 Å². The van der Waals surface area contributed by atoms with Crippen LogP contribution >= 0.6 is 47.2 Å². The van der Waals surface area contributed by atoms with Crippen molar-refractivity contribution in [1.29, 1.82) is 0 Å². The molecule has 36 heavy (non-hydrogen) atoms. The highest BCUT2D eigenvalue weighted by Crippen LogP contribution is 2.37. The predicted octanol–water partition coefficient (Wildman–Crippen LogP) is 6.48. The molecule has 0 aliphatic carbocycles. The van der Waals surface area contributed by atoms with E-state index in [4.69, 9.17) is 40.2 Å². The zero-order valence-corrected chi connectivity index (χ0v) is 22.5. The number of halogens is 2. The van der Waals surface area contributed by atoms with Gasteiger partial charge in [-0.1, -0.05) is 65.4 Å². The minimum atomic E-state index is -0.370. The van der Waals surface area contributed by atoms with E-state index in [9.17, 15) is 9.59 Å². The van der Waals surface area contributed by atoms with E-state index in [1.165, 1.54) is 16.7 Å². The normalized spacial score (nSPS) is 14.3. The van der Waals surface area contributed by atoms with Crippen LogP contribution in [-0.2, 0) is 9.59 Å². The Hall–Kier alpha value is -3.04. The molecule has 0 radical (unpaired) electrons. The number of thioether (sulfide) groups is 1. The lowest BCUT2D eigenvalue weighted by Crippen LogP contribution is -2.27. The van der Waals surface area contributed by atoms with Crippen LogP contribution in [-0.4, -0.2) is 36.8 Å². The van der Waals surface area contributed by atoms with Crippen LogP contribution in [0.15, 0.2) is 71.6 Å². The molecule has 184 valence electrons. The standard InChI is InChI=1S/C26H21Cl2N3O3S2/c1-30(2)17-8-10-18(11-9-17)31-25(33)23(36-26(31)35)14-16-7-12-22(20(28)13-16)34-15-24(32)29-21-6-4-3-5-19(21)27/h3-14H,15H2,1-2H3,(H,29,32)/b23-14-. The average molecular weight is 559 g/mol. The molecule has 2 amide bonds. The minimum Gasteiger partial charge on any atom is -0.482 e. The van der Waals surface area contributed by atoms with Crippen LogP contribution in [0.2, 0.25) is 10.0 Å². The number of hydrogen-bond acceptors (Lipinski definition) is 6. The summed E-state index contributed by atoms with van der Waals surface area (Å²) in [6.07, 6.45) is 1.73. The summed E-state index contributed by atoms with van der Waals surface area (Å²) in [6, 6.07) is 19.6. The summed E-state index contributed by atoms with van der Waals surface area (Å²) >= 11 is 19.1. The molecule has 0 aromatic heterocycles. The average Bonchev–Trinajstić information content (AvgIpc) is 3.12. The number of anilines is 3. The lowest BCUT2D eigenvalue weighted by Gasteiger charge is -2.17. The molecule has 1 heterocycles. The van der Waals surface area contributed by atoms with Crippen LogP contribution in [0.4, 0.5) is 17.1 Å². The lowest BCUT2D eigenvalue weighted by molar-refractivity contribution is -0.118. The number of hydrogen-bond donors (Lipinski definition) is 1. The van der Waals surface area contributed by atoms with E-state index >= 15 is 0 Å². The molecule has 1 aliphatic rings. The highest BCUT2D eigenvalue weighted by Gasteiger charge is 2.33. The summed E-state index contributed by atoms with van der Waals surface area (Å²) in [6.45, 7) is -0.241. The van der Waals surface area contributed by atoms with Gasteiger partial charge in [0.2, 0.25) is 0 Å². The summed E-state index contributed by atoms with van der Waals surface area (Å²) in [5.41, 5.74) is 2.94. The van der Waals surface area contributed by atoms with Gasteiger partial charge >= 0.3 is 0 Å². The highest BCUT2D eigenvalue weighted by molar-refractivity contribution is 8.27. The van der Waals surface area contributed by atoms with Crippen LogP contribution in [0.25, 0.3) is 6.08 Å². The Morgan fingerprint density at radius 1 is 1.08 bits per heavy atom. The molecule has 1 aliphatic heterocycles. The van der Waals surface area contributed by atoms with Crippen LogP contribution in [0.5, 0.6) is 5.75 Å². The first-order chi connectivity index (χ1) is 17.2. The van der Waals surface area contributed by atoms with E-state index in [0.29, 0.717) is 42.0 Å². The minimum absolute atomic E-state index is 0.199. The van der Waals surface area contributed by atoms with Gasteiger partial charge in [-0.25, -0.2) is 0 Å². The van der Waals surface area contributed by atoms with Crippen molar-refractivity contribution in [2.24, 2.45) is 0 Å². The summed E-state index contributed by atoms with van der Waals surface area (Å²) in [5, 5.41) is 3.43. The largest absolute Gasteiger partial charge is 0.482 e. The third kappa shape index (κ3) is 6.02. The first kappa shape index (κ1) is 26.0. The quantitative estimate of drug-likeness (QED) is 0.265. The Morgan fingerprint density at radius 3 is 2.47 bits per heavy atom. The molecule has 1 fully saturated rings. The van der Waals surface area contributed by atoms with E-state index < -0.39 is 0 Å². The maximum absolute atomic E-state index is 13.1. The van der Waals surface area contributed by atoms with E-state index in [0.717, 1.165) is 5.69 Å². The van der Waals surface area contributed by atoms with Crippen molar-refractivity contribution >= 4 is 86.5 Å². The van der Waals surface area contributed by atoms with E-state index in [-0.39, 0.29) is 18.4 Å². The Labute approximate surface area is 228 Å². The summed E-state index contributed by atoms with van der Waals surface area (Å²) in [7, 11) is 3.91. The Bertz CT molecular complexity index is 1360. The second kappa shape index (κ2) is 11.3. The molecule has 3 aromatic carbocycles. The zero-order chi connectivity index (χ0) is 25.8. The summed E-state index contributed by atoms with van der Waals surface area (Å²) < 4.78 is 6.02. The number of ether oxygens (including phenoxy) is 1. The molecule has 3 aromatic rings. The third-order valence-electron chi connectivity index (χ3n) is 5.18. The number of carbonyl (C=O) groups excluding carboxylic acids is 2. The molecule has 6 nitrogen and oxygen atoms in total. The summed E-state index contributed by atoms with van der Waals surface area (Å²) in [4.78, 5) is 29.3. The first-order valence-corrected chi connectivity index (χ1v) is 12.7. The van der Waals surface area contributed by atoms with Gasteiger partial charge in [0.15, 0.2) is 10.9 Å². The van der Waals surface area contributed by atoms with Gasteiger partial charge in [-0.2, -0.15) is 0 Å². The molecule has 0 atom stereocenters. The van der Waals surface area contributed by atoms with Gasteiger partial charge in [-0.15, -0.1) is 0 Å². The fourth-order valence-corrected chi connectivity index (χ4v) is 5.08. The van der Waals surface area contributed by atoms with Gasteiger partial charge in [0.1, 0.15) is 5.75 Å². The van der Waals surface area contributed by atoms with Crippen LogP contribution < -0.4 is 19.9 Å². The molecular formula is C26H21Cl2N3O3S2. The second-order valence-corrected chi connectivity index (χ2v) is 10.4. The van der Waals surface area contributed by atoms with Gasteiger partial charge < -0.3 is 15.0 Å². The van der Waals surface area contributed by atoms with Crippen molar-refractivity contribution in [2.75, 3.05) is 35.8 Å². The molecule has 1 N–H and O–H groups in total. The number of para-hydroxylation sites is 1. The van der Waals surface area contributed by atoms with E-state index in [1.807, 2.05) is 43.3 Å². The number of carbonyl (C=O) groups is 2. The van der Waals surface area contributed by atoms with Crippen LogP contribution in [0.3, 0.4) is 0 Å².